The van der Waals surface area contributed by atoms with Crippen molar-refractivity contribution in [3.05, 3.63) is 57.0 Å². The number of halogens is 3. The summed E-state index contributed by atoms with van der Waals surface area (Å²) in [6.07, 6.45) is 0. The molecule has 1 saturated heterocycles. The van der Waals surface area contributed by atoms with Gasteiger partial charge in [0.25, 0.3) is 0 Å². The number of piperazine rings is 1. The van der Waals surface area contributed by atoms with Crippen molar-refractivity contribution in [2.75, 3.05) is 36.4 Å². The molecular formula is C18H18Cl3N3S. The highest BCUT2D eigenvalue weighted by Gasteiger charge is 2.20. The number of nitrogens with one attached hydrogen (secondary N) is 1. The Kier molecular flexibility index (Phi) is 5.95. The van der Waals surface area contributed by atoms with Crippen LogP contribution >= 0.6 is 47.0 Å². The Morgan fingerprint density at radius 2 is 1.64 bits per heavy atom. The van der Waals surface area contributed by atoms with Crippen LogP contribution in [0.15, 0.2) is 36.4 Å². The van der Waals surface area contributed by atoms with Gasteiger partial charge >= 0.3 is 0 Å². The maximum atomic E-state index is 6.17. The fourth-order valence-corrected chi connectivity index (χ4v) is 3.50. The summed E-state index contributed by atoms with van der Waals surface area (Å²) in [6, 6.07) is 11.6. The smallest absolute Gasteiger partial charge is 0.173 e. The summed E-state index contributed by atoms with van der Waals surface area (Å²) in [7, 11) is 0. The molecule has 1 N–H and O–H groups in total. The Balaban J connectivity index is 1.58. The lowest BCUT2D eigenvalue weighted by Gasteiger charge is -2.37. The first kappa shape index (κ1) is 18.6. The Bertz CT molecular complexity index is 789. The maximum absolute atomic E-state index is 6.17. The number of anilines is 2. The van der Waals surface area contributed by atoms with E-state index in [0.717, 1.165) is 48.1 Å². The van der Waals surface area contributed by atoms with Crippen molar-refractivity contribution in [2.24, 2.45) is 0 Å². The van der Waals surface area contributed by atoms with E-state index >= 15 is 0 Å². The summed E-state index contributed by atoms with van der Waals surface area (Å²) in [5, 5.41) is 5.87. The largest absolute Gasteiger partial charge is 0.368 e. The summed E-state index contributed by atoms with van der Waals surface area (Å²) >= 11 is 23.8. The van der Waals surface area contributed by atoms with Gasteiger partial charge in [-0.3, -0.25) is 0 Å². The van der Waals surface area contributed by atoms with Gasteiger partial charge in [0.2, 0.25) is 0 Å². The van der Waals surface area contributed by atoms with E-state index in [1.165, 1.54) is 0 Å². The van der Waals surface area contributed by atoms with Crippen LogP contribution in [-0.4, -0.2) is 36.2 Å². The average molecular weight is 415 g/mol. The minimum Gasteiger partial charge on any atom is -0.368 e. The molecule has 1 aliphatic rings. The second-order valence-electron chi connectivity index (χ2n) is 5.97. The molecule has 1 aliphatic heterocycles. The predicted molar refractivity (Wildman–Crippen MR) is 113 cm³/mol. The number of hydrogen-bond acceptors (Lipinski definition) is 2. The van der Waals surface area contributed by atoms with Crippen LogP contribution in [0.25, 0.3) is 0 Å². The quantitative estimate of drug-likeness (QED) is 0.656. The monoisotopic (exact) mass is 413 g/mol. The molecule has 0 unspecified atom stereocenters. The Morgan fingerprint density at radius 3 is 2.28 bits per heavy atom. The first-order chi connectivity index (χ1) is 11.9. The molecule has 25 heavy (non-hydrogen) atoms. The molecule has 2 aromatic rings. The fourth-order valence-electron chi connectivity index (χ4n) is 2.72. The molecule has 2 aromatic carbocycles. The summed E-state index contributed by atoms with van der Waals surface area (Å²) in [5.41, 5.74) is 3.04. The standard InChI is InChI=1S/C18H18Cl3N3S/c1-12-2-3-13(10-16(12)20)22-18(25)24-8-6-23(7-9-24)14-4-5-15(19)17(21)11-14/h2-5,10-11H,6-9H2,1H3,(H,22,25). The van der Waals surface area contributed by atoms with E-state index < -0.39 is 0 Å². The topological polar surface area (TPSA) is 18.5 Å². The second kappa shape index (κ2) is 8.00. The van der Waals surface area contributed by atoms with Gasteiger partial charge in [-0.2, -0.15) is 0 Å². The molecule has 0 aliphatic carbocycles. The van der Waals surface area contributed by atoms with E-state index in [9.17, 15) is 0 Å². The van der Waals surface area contributed by atoms with Crippen molar-refractivity contribution >= 4 is 63.5 Å². The van der Waals surface area contributed by atoms with Gasteiger partial charge in [-0.25, -0.2) is 0 Å². The van der Waals surface area contributed by atoms with Crippen LogP contribution in [0.4, 0.5) is 11.4 Å². The lowest BCUT2D eigenvalue weighted by atomic mass is 10.2. The van der Waals surface area contributed by atoms with Crippen LogP contribution in [0, 0.1) is 6.92 Å². The Hall–Kier alpha value is -1.20. The number of benzene rings is 2. The van der Waals surface area contributed by atoms with Crippen LogP contribution in [0.3, 0.4) is 0 Å². The van der Waals surface area contributed by atoms with Crippen molar-refractivity contribution < 1.29 is 0 Å². The molecular weight excluding hydrogens is 397 g/mol. The molecule has 0 radical (unpaired) electrons. The maximum Gasteiger partial charge on any atom is 0.173 e. The molecule has 3 nitrogen and oxygen atoms in total. The molecule has 0 bridgehead atoms. The van der Waals surface area contributed by atoms with Crippen LogP contribution < -0.4 is 10.2 Å². The highest BCUT2D eigenvalue weighted by molar-refractivity contribution is 7.80. The van der Waals surface area contributed by atoms with E-state index in [0.29, 0.717) is 15.2 Å². The SMILES string of the molecule is Cc1ccc(NC(=S)N2CCN(c3ccc(Cl)c(Cl)c3)CC2)cc1Cl. The van der Waals surface area contributed by atoms with Crippen molar-refractivity contribution in [1.82, 2.24) is 4.90 Å². The van der Waals surface area contributed by atoms with E-state index in [4.69, 9.17) is 47.0 Å². The normalized spacial score (nSPS) is 14.6. The van der Waals surface area contributed by atoms with Gasteiger partial charge in [-0.15, -0.1) is 0 Å². The third-order valence-corrected chi connectivity index (χ3v) is 5.76. The third kappa shape index (κ3) is 4.50. The van der Waals surface area contributed by atoms with Crippen molar-refractivity contribution in [2.45, 2.75) is 6.92 Å². The minimum atomic E-state index is 0.575. The Labute approximate surface area is 168 Å². The van der Waals surface area contributed by atoms with Gasteiger partial charge in [-0.05, 0) is 55.0 Å². The Morgan fingerprint density at radius 1 is 0.920 bits per heavy atom. The summed E-state index contributed by atoms with van der Waals surface area (Å²) in [4.78, 5) is 4.45. The first-order valence-electron chi connectivity index (χ1n) is 7.96. The molecule has 3 rings (SSSR count). The number of aryl methyl sites for hydroxylation is 1. The highest BCUT2D eigenvalue weighted by atomic mass is 35.5. The van der Waals surface area contributed by atoms with Gasteiger partial charge in [0, 0.05) is 42.6 Å². The third-order valence-electron chi connectivity index (χ3n) is 4.26. The highest BCUT2D eigenvalue weighted by Crippen LogP contribution is 2.28. The van der Waals surface area contributed by atoms with Crippen molar-refractivity contribution in [1.29, 1.82) is 0 Å². The number of nitrogens with zero attached hydrogens (tertiary/aromatic N) is 2. The zero-order valence-corrected chi connectivity index (χ0v) is 16.8. The zero-order chi connectivity index (χ0) is 18.0. The molecule has 1 heterocycles. The lowest BCUT2D eigenvalue weighted by Crippen LogP contribution is -2.50. The van der Waals surface area contributed by atoms with Gasteiger partial charge in [0.1, 0.15) is 0 Å². The van der Waals surface area contributed by atoms with Crippen molar-refractivity contribution in [3.8, 4) is 0 Å². The molecule has 0 saturated carbocycles. The van der Waals surface area contributed by atoms with Gasteiger partial charge in [-0.1, -0.05) is 40.9 Å². The van der Waals surface area contributed by atoms with E-state index in [1.807, 2.05) is 43.3 Å². The molecule has 1 fully saturated rings. The van der Waals surface area contributed by atoms with Gasteiger partial charge in [0.15, 0.2) is 5.11 Å². The van der Waals surface area contributed by atoms with Crippen LogP contribution in [-0.2, 0) is 0 Å². The van der Waals surface area contributed by atoms with Crippen molar-refractivity contribution in [3.63, 3.8) is 0 Å². The van der Waals surface area contributed by atoms with E-state index in [-0.39, 0.29) is 0 Å². The molecule has 0 atom stereocenters. The minimum absolute atomic E-state index is 0.575. The number of hydrogen-bond donors (Lipinski definition) is 1. The summed E-state index contributed by atoms with van der Waals surface area (Å²) in [6.45, 7) is 5.40. The lowest BCUT2D eigenvalue weighted by molar-refractivity contribution is 0.391. The van der Waals surface area contributed by atoms with Crippen LogP contribution in [0.2, 0.25) is 15.1 Å². The van der Waals surface area contributed by atoms with Crippen LogP contribution in [0.1, 0.15) is 5.56 Å². The molecule has 0 aromatic heterocycles. The van der Waals surface area contributed by atoms with E-state index in [2.05, 4.69) is 15.1 Å². The average Bonchev–Trinajstić information content (AvgIpc) is 2.61. The second-order valence-corrected chi connectivity index (χ2v) is 7.57. The number of rotatable bonds is 2. The van der Waals surface area contributed by atoms with Crippen LogP contribution in [0.5, 0.6) is 0 Å². The first-order valence-corrected chi connectivity index (χ1v) is 9.50. The zero-order valence-electron chi connectivity index (χ0n) is 13.7. The van der Waals surface area contributed by atoms with Gasteiger partial charge < -0.3 is 15.1 Å². The molecule has 0 amide bonds. The van der Waals surface area contributed by atoms with E-state index in [1.54, 1.807) is 0 Å². The molecule has 7 heteroatoms. The predicted octanol–water partition coefficient (Wildman–Crippen LogP) is 5.47. The number of thiocarbonyl (C=S) groups is 1. The summed E-state index contributed by atoms with van der Waals surface area (Å²) in [5.74, 6) is 0. The molecule has 132 valence electrons. The van der Waals surface area contributed by atoms with Gasteiger partial charge in [0.05, 0.1) is 10.0 Å². The summed E-state index contributed by atoms with van der Waals surface area (Å²) < 4.78 is 0. The molecule has 0 spiro atoms. The fraction of sp³-hybridized carbons (Fsp3) is 0.278.